The van der Waals surface area contributed by atoms with Crippen molar-refractivity contribution < 1.29 is 9.53 Å². The summed E-state index contributed by atoms with van der Waals surface area (Å²) < 4.78 is 5.56. The average molecular weight is 339 g/mol. The molecule has 132 valence electrons. The van der Waals surface area contributed by atoms with Crippen LogP contribution in [0.1, 0.15) is 37.9 Å². The molecule has 5 heteroatoms. The molecule has 1 atom stereocenters. The fourth-order valence-electron chi connectivity index (χ4n) is 3.31. The van der Waals surface area contributed by atoms with Gasteiger partial charge in [-0.2, -0.15) is 0 Å². The zero-order valence-corrected chi connectivity index (χ0v) is 14.6. The molecule has 1 aliphatic heterocycles. The van der Waals surface area contributed by atoms with Gasteiger partial charge in [-0.1, -0.05) is 18.2 Å². The van der Waals surface area contributed by atoms with Crippen molar-refractivity contribution >= 4 is 11.6 Å². The normalized spacial score (nSPS) is 17.4. The molecule has 2 heterocycles. The number of anilines is 1. The zero-order chi connectivity index (χ0) is 17.5. The standard InChI is InChI=1S/C20H25N3O2/c1-2-25-19-11-4-3-9-17(19)22-20(24)12-15-23-14-7-10-18(23)16-8-5-6-13-21-16/h3-6,8-9,11,13,18H,2,7,10,12,14-15H2,1H3,(H,22,24). The van der Waals surface area contributed by atoms with Gasteiger partial charge in [-0.05, 0) is 50.6 Å². The number of nitrogens with zero attached hydrogens (tertiary/aromatic N) is 2. The van der Waals surface area contributed by atoms with E-state index in [0.29, 0.717) is 24.8 Å². The molecule has 5 nitrogen and oxygen atoms in total. The molecular formula is C20H25N3O2. The predicted molar refractivity (Wildman–Crippen MR) is 98.6 cm³/mol. The van der Waals surface area contributed by atoms with Crippen LogP contribution in [-0.2, 0) is 4.79 Å². The summed E-state index contributed by atoms with van der Waals surface area (Å²) in [7, 11) is 0. The molecule has 0 aliphatic carbocycles. The van der Waals surface area contributed by atoms with Crippen LogP contribution in [0.5, 0.6) is 5.75 Å². The van der Waals surface area contributed by atoms with Crippen LogP contribution in [0.4, 0.5) is 5.69 Å². The van der Waals surface area contributed by atoms with Gasteiger partial charge in [0.15, 0.2) is 0 Å². The number of pyridine rings is 1. The summed E-state index contributed by atoms with van der Waals surface area (Å²) in [5.41, 5.74) is 1.83. The van der Waals surface area contributed by atoms with Crippen LogP contribution in [0.15, 0.2) is 48.7 Å². The molecule has 0 bridgehead atoms. The van der Waals surface area contributed by atoms with Gasteiger partial charge in [0.2, 0.25) is 5.91 Å². The van der Waals surface area contributed by atoms with Crippen LogP contribution < -0.4 is 10.1 Å². The molecule has 1 amide bonds. The van der Waals surface area contributed by atoms with Gasteiger partial charge in [-0.25, -0.2) is 0 Å². The first-order valence-electron chi connectivity index (χ1n) is 8.94. The highest BCUT2D eigenvalue weighted by Crippen LogP contribution is 2.30. The molecule has 2 aromatic rings. The largest absolute Gasteiger partial charge is 0.492 e. The Morgan fingerprint density at radius 3 is 2.92 bits per heavy atom. The van der Waals surface area contributed by atoms with Crippen molar-refractivity contribution in [3.63, 3.8) is 0 Å². The lowest BCUT2D eigenvalue weighted by Crippen LogP contribution is -2.28. The minimum Gasteiger partial charge on any atom is -0.492 e. The first-order valence-corrected chi connectivity index (χ1v) is 8.94. The lowest BCUT2D eigenvalue weighted by Gasteiger charge is -2.23. The Morgan fingerprint density at radius 2 is 2.12 bits per heavy atom. The number of rotatable bonds is 7. The fourth-order valence-corrected chi connectivity index (χ4v) is 3.31. The van der Waals surface area contributed by atoms with Crippen LogP contribution in [0, 0.1) is 0 Å². The van der Waals surface area contributed by atoms with Gasteiger partial charge in [0.1, 0.15) is 5.75 Å². The number of ether oxygens (including phenoxy) is 1. The van der Waals surface area contributed by atoms with Gasteiger partial charge in [0.25, 0.3) is 0 Å². The van der Waals surface area contributed by atoms with Gasteiger partial charge in [0, 0.05) is 19.2 Å². The molecule has 1 fully saturated rings. The molecule has 0 radical (unpaired) electrons. The van der Waals surface area contributed by atoms with E-state index in [1.54, 1.807) is 0 Å². The van der Waals surface area contributed by atoms with E-state index in [-0.39, 0.29) is 5.91 Å². The van der Waals surface area contributed by atoms with Crippen molar-refractivity contribution in [2.75, 3.05) is 25.0 Å². The third-order valence-electron chi connectivity index (χ3n) is 4.48. The highest BCUT2D eigenvalue weighted by molar-refractivity contribution is 5.92. The first-order chi connectivity index (χ1) is 12.3. The Balaban J connectivity index is 1.55. The number of aromatic nitrogens is 1. The number of carbonyl (C=O) groups excluding carboxylic acids is 1. The van der Waals surface area contributed by atoms with Crippen LogP contribution in [-0.4, -0.2) is 35.5 Å². The topological polar surface area (TPSA) is 54.5 Å². The minimum absolute atomic E-state index is 0.0128. The quantitative estimate of drug-likeness (QED) is 0.837. The van der Waals surface area contributed by atoms with Gasteiger partial charge < -0.3 is 10.1 Å². The Morgan fingerprint density at radius 1 is 1.28 bits per heavy atom. The Bertz CT molecular complexity index is 690. The molecule has 25 heavy (non-hydrogen) atoms. The number of benzene rings is 1. The molecule has 1 unspecified atom stereocenters. The van der Waals surface area contributed by atoms with Crippen LogP contribution in [0.2, 0.25) is 0 Å². The van der Waals surface area contributed by atoms with Gasteiger partial charge in [-0.3, -0.25) is 14.7 Å². The van der Waals surface area contributed by atoms with E-state index in [2.05, 4.69) is 21.3 Å². The van der Waals surface area contributed by atoms with Crippen LogP contribution in [0.25, 0.3) is 0 Å². The third-order valence-corrected chi connectivity index (χ3v) is 4.48. The van der Waals surface area contributed by atoms with Crippen LogP contribution >= 0.6 is 0 Å². The van der Waals surface area contributed by atoms with E-state index in [1.165, 1.54) is 0 Å². The summed E-state index contributed by atoms with van der Waals surface area (Å²) in [4.78, 5) is 19.2. The molecule has 0 spiro atoms. The maximum Gasteiger partial charge on any atom is 0.225 e. The van der Waals surface area contributed by atoms with Crippen molar-refractivity contribution in [2.45, 2.75) is 32.2 Å². The molecule has 1 aromatic carbocycles. The molecule has 1 saturated heterocycles. The number of nitrogens with one attached hydrogen (secondary N) is 1. The number of likely N-dealkylation sites (tertiary alicyclic amines) is 1. The fraction of sp³-hybridized carbons (Fsp3) is 0.400. The van der Waals surface area contributed by atoms with E-state index in [1.807, 2.05) is 49.5 Å². The van der Waals surface area contributed by atoms with Crippen molar-refractivity contribution in [1.82, 2.24) is 9.88 Å². The van der Waals surface area contributed by atoms with Crippen molar-refractivity contribution in [2.24, 2.45) is 0 Å². The number of carbonyl (C=O) groups is 1. The van der Waals surface area contributed by atoms with E-state index in [4.69, 9.17) is 4.74 Å². The summed E-state index contributed by atoms with van der Waals surface area (Å²) in [6, 6.07) is 13.9. The molecular weight excluding hydrogens is 314 g/mol. The van der Waals surface area contributed by atoms with E-state index in [9.17, 15) is 4.79 Å². The molecule has 3 rings (SSSR count). The highest BCUT2D eigenvalue weighted by atomic mass is 16.5. The second kappa shape index (κ2) is 8.62. The SMILES string of the molecule is CCOc1ccccc1NC(=O)CCN1CCCC1c1ccccn1. The molecule has 1 N–H and O–H groups in total. The van der Waals surface area contributed by atoms with Crippen molar-refractivity contribution in [1.29, 1.82) is 0 Å². The minimum atomic E-state index is 0.0128. The maximum absolute atomic E-state index is 12.4. The number of hydrogen-bond donors (Lipinski definition) is 1. The lowest BCUT2D eigenvalue weighted by atomic mass is 10.1. The predicted octanol–water partition coefficient (Wildman–Crippen LogP) is 3.65. The zero-order valence-electron chi connectivity index (χ0n) is 14.6. The molecule has 1 aliphatic rings. The second-order valence-corrected chi connectivity index (χ2v) is 6.18. The maximum atomic E-state index is 12.4. The number of amides is 1. The van der Waals surface area contributed by atoms with Crippen LogP contribution in [0.3, 0.4) is 0 Å². The molecule has 0 saturated carbocycles. The van der Waals surface area contributed by atoms with Crippen molar-refractivity contribution in [3.8, 4) is 5.75 Å². The summed E-state index contributed by atoms with van der Waals surface area (Å²) in [6.07, 6.45) is 4.55. The Kier molecular flexibility index (Phi) is 6.01. The summed E-state index contributed by atoms with van der Waals surface area (Å²) in [5.74, 6) is 0.727. The van der Waals surface area contributed by atoms with E-state index < -0.39 is 0 Å². The highest BCUT2D eigenvalue weighted by Gasteiger charge is 2.26. The average Bonchev–Trinajstić information content (AvgIpc) is 3.11. The monoisotopic (exact) mass is 339 g/mol. The first kappa shape index (κ1) is 17.4. The van der Waals surface area contributed by atoms with E-state index >= 15 is 0 Å². The Hall–Kier alpha value is -2.40. The molecule has 1 aromatic heterocycles. The third kappa shape index (κ3) is 4.57. The summed E-state index contributed by atoms with van der Waals surface area (Å²) in [6.45, 7) is 4.27. The lowest BCUT2D eigenvalue weighted by molar-refractivity contribution is -0.116. The van der Waals surface area contributed by atoms with E-state index in [0.717, 1.165) is 37.3 Å². The van der Waals surface area contributed by atoms with Gasteiger partial charge in [-0.15, -0.1) is 0 Å². The van der Waals surface area contributed by atoms with Crippen molar-refractivity contribution in [3.05, 3.63) is 54.4 Å². The summed E-state index contributed by atoms with van der Waals surface area (Å²) in [5, 5.41) is 2.97. The van der Waals surface area contributed by atoms with Gasteiger partial charge in [0.05, 0.1) is 24.0 Å². The smallest absolute Gasteiger partial charge is 0.225 e. The number of para-hydroxylation sites is 2. The van der Waals surface area contributed by atoms with Gasteiger partial charge >= 0.3 is 0 Å². The Labute approximate surface area is 149 Å². The second-order valence-electron chi connectivity index (χ2n) is 6.18. The summed E-state index contributed by atoms with van der Waals surface area (Å²) >= 11 is 0. The number of hydrogen-bond acceptors (Lipinski definition) is 4.